The Hall–Kier alpha value is -0.520. The average molecular weight is 269 g/mol. The lowest BCUT2D eigenvalue weighted by atomic mass is 10.1. The van der Waals surface area contributed by atoms with Gasteiger partial charge in [-0.15, -0.1) is 0 Å². The van der Waals surface area contributed by atoms with E-state index >= 15 is 0 Å². The van der Waals surface area contributed by atoms with Crippen molar-refractivity contribution in [3.63, 3.8) is 0 Å². The van der Waals surface area contributed by atoms with E-state index in [9.17, 15) is 0 Å². The smallest absolute Gasteiger partial charge is 0.0346 e. The summed E-state index contributed by atoms with van der Waals surface area (Å²) in [7, 11) is 0. The van der Waals surface area contributed by atoms with Gasteiger partial charge in [0.2, 0.25) is 0 Å². The maximum absolute atomic E-state index is 2.31. The van der Waals surface area contributed by atoms with Crippen molar-refractivity contribution >= 4 is 0 Å². The molecule has 0 radical (unpaired) electrons. The molecule has 0 fully saturated rings. The van der Waals surface area contributed by atoms with Crippen LogP contribution >= 0.6 is 0 Å². The van der Waals surface area contributed by atoms with Crippen molar-refractivity contribution in [1.82, 2.24) is 0 Å². The second-order valence-corrected chi connectivity index (χ2v) is 6.51. The summed E-state index contributed by atoms with van der Waals surface area (Å²) in [5.41, 5.74) is 2.88. The van der Waals surface area contributed by atoms with E-state index in [-0.39, 0.29) is 7.43 Å². The summed E-state index contributed by atoms with van der Waals surface area (Å²) in [5.74, 6) is 1.70. The first-order valence-corrected chi connectivity index (χ1v) is 7.52. The Labute approximate surface area is 124 Å². The van der Waals surface area contributed by atoms with Crippen LogP contribution in [0, 0.1) is 11.8 Å². The molecule has 0 atom stereocenters. The van der Waals surface area contributed by atoms with E-state index in [2.05, 4.69) is 67.5 Å². The number of hydrogen-bond donors (Lipinski definition) is 0. The van der Waals surface area contributed by atoms with E-state index in [0.29, 0.717) is 0 Å². The SMILES string of the molecule is C.CC(C)=CCCC(C)C.CC(C)=CCCC(C)C. The maximum atomic E-state index is 2.31. The average Bonchev–Trinajstić information content (AvgIpc) is 2.15. The van der Waals surface area contributed by atoms with Crippen molar-refractivity contribution in [3.8, 4) is 0 Å². The lowest BCUT2D eigenvalue weighted by Gasteiger charge is -1.99. The molecule has 0 aromatic rings. The van der Waals surface area contributed by atoms with Crippen LogP contribution in [0.15, 0.2) is 23.3 Å². The summed E-state index contributed by atoms with van der Waals surface area (Å²) < 4.78 is 0. The molecule has 0 saturated heterocycles. The van der Waals surface area contributed by atoms with Gasteiger partial charge >= 0.3 is 0 Å². The van der Waals surface area contributed by atoms with Gasteiger partial charge in [-0.05, 0) is 65.2 Å². The Morgan fingerprint density at radius 1 is 0.684 bits per heavy atom. The number of rotatable bonds is 6. The first-order chi connectivity index (χ1) is 8.25. The minimum absolute atomic E-state index is 0. The molecule has 0 aliphatic carbocycles. The van der Waals surface area contributed by atoms with E-state index in [1.165, 1.54) is 36.8 Å². The third-order valence-electron chi connectivity index (χ3n) is 2.59. The van der Waals surface area contributed by atoms with Crippen LogP contribution in [0.1, 0.15) is 88.5 Å². The Morgan fingerprint density at radius 3 is 1.11 bits per heavy atom. The second kappa shape index (κ2) is 15.5. The Balaban J connectivity index is -0.000000256. The first kappa shape index (κ1) is 23.6. The van der Waals surface area contributed by atoms with Gasteiger partial charge in [0.1, 0.15) is 0 Å². The van der Waals surface area contributed by atoms with E-state index in [1.54, 1.807) is 0 Å². The van der Waals surface area contributed by atoms with Crippen LogP contribution in [0.5, 0.6) is 0 Å². The molecule has 0 unspecified atom stereocenters. The fourth-order valence-corrected chi connectivity index (χ4v) is 1.41. The highest BCUT2D eigenvalue weighted by atomic mass is 14.0. The molecule has 0 bridgehead atoms. The van der Waals surface area contributed by atoms with Crippen LogP contribution in [0.2, 0.25) is 0 Å². The van der Waals surface area contributed by atoms with Crippen molar-refractivity contribution in [2.75, 3.05) is 0 Å². The minimum atomic E-state index is 0. The van der Waals surface area contributed by atoms with Gasteiger partial charge in [-0.1, -0.05) is 58.4 Å². The van der Waals surface area contributed by atoms with Gasteiger partial charge < -0.3 is 0 Å². The molecule has 0 aromatic heterocycles. The molecule has 0 aromatic carbocycles. The first-order valence-electron chi connectivity index (χ1n) is 7.52. The van der Waals surface area contributed by atoms with Crippen LogP contribution < -0.4 is 0 Å². The van der Waals surface area contributed by atoms with Crippen molar-refractivity contribution in [3.05, 3.63) is 23.3 Å². The summed E-state index contributed by atoms with van der Waals surface area (Å²) in [6.07, 6.45) is 9.76. The fraction of sp³-hybridized carbons (Fsp3) is 0.789. The van der Waals surface area contributed by atoms with Crippen LogP contribution in [0.25, 0.3) is 0 Å². The highest BCUT2D eigenvalue weighted by molar-refractivity contribution is 4.93. The van der Waals surface area contributed by atoms with Gasteiger partial charge in [-0.2, -0.15) is 0 Å². The highest BCUT2D eigenvalue weighted by Crippen LogP contribution is 2.06. The number of hydrogen-bond acceptors (Lipinski definition) is 0. The summed E-state index contributed by atoms with van der Waals surface area (Å²) in [6.45, 7) is 17.7. The van der Waals surface area contributed by atoms with Crippen LogP contribution in [-0.2, 0) is 0 Å². The zero-order chi connectivity index (χ0) is 14.6. The monoisotopic (exact) mass is 268 g/mol. The summed E-state index contributed by atoms with van der Waals surface area (Å²) in [4.78, 5) is 0. The van der Waals surface area contributed by atoms with Gasteiger partial charge in [-0.25, -0.2) is 0 Å². The van der Waals surface area contributed by atoms with Crippen LogP contribution in [-0.4, -0.2) is 0 Å². The third kappa shape index (κ3) is 31.8. The lowest BCUT2D eigenvalue weighted by molar-refractivity contribution is 0.593. The molecule has 0 aliphatic heterocycles. The summed E-state index contributed by atoms with van der Waals surface area (Å²) in [6, 6.07) is 0. The van der Waals surface area contributed by atoms with E-state index < -0.39 is 0 Å². The third-order valence-corrected chi connectivity index (χ3v) is 2.59. The fourth-order valence-electron chi connectivity index (χ4n) is 1.41. The van der Waals surface area contributed by atoms with Gasteiger partial charge in [0, 0.05) is 0 Å². The van der Waals surface area contributed by atoms with E-state index in [0.717, 1.165) is 11.8 Å². The van der Waals surface area contributed by atoms with E-state index in [1.807, 2.05) is 0 Å². The molecular weight excluding hydrogens is 228 g/mol. The Kier molecular flexibility index (Phi) is 19.3. The largest absolute Gasteiger partial charge is 0.0859 e. The lowest BCUT2D eigenvalue weighted by Crippen LogP contribution is -1.83. The van der Waals surface area contributed by atoms with Crippen molar-refractivity contribution in [2.45, 2.75) is 88.5 Å². The van der Waals surface area contributed by atoms with Gasteiger partial charge in [-0.3, -0.25) is 0 Å². The summed E-state index contributed by atoms with van der Waals surface area (Å²) in [5, 5.41) is 0. The predicted molar refractivity (Wildman–Crippen MR) is 93.7 cm³/mol. The molecule has 0 rings (SSSR count). The molecule has 0 saturated carbocycles. The topological polar surface area (TPSA) is 0 Å². The van der Waals surface area contributed by atoms with E-state index in [4.69, 9.17) is 0 Å². The zero-order valence-electron chi connectivity index (χ0n) is 14.1. The zero-order valence-corrected chi connectivity index (χ0v) is 14.1. The quantitative estimate of drug-likeness (QED) is 0.440. The predicted octanol–water partition coefficient (Wildman–Crippen LogP) is 7.41. The van der Waals surface area contributed by atoms with Gasteiger partial charge in [0.15, 0.2) is 0 Å². The van der Waals surface area contributed by atoms with Gasteiger partial charge in [0.25, 0.3) is 0 Å². The second-order valence-electron chi connectivity index (χ2n) is 6.51. The summed E-state index contributed by atoms with van der Waals surface area (Å²) >= 11 is 0. The maximum Gasteiger partial charge on any atom is -0.0346 e. The molecule has 0 spiro atoms. The molecular formula is C19H40. The number of allylic oxidation sites excluding steroid dienone is 4. The molecule has 19 heavy (non-hydrogen) atoms. The molecule has 0 N–H and O–H groups in total. The molecule has 116 valence electrons. The Bertz CT molecular complexity index is 194. The Morgan fingerprint density at radius 2 is 0.947 bits per heavy atom. The molecule has 0 heteroatoms. The standard InChI is InChI=1S/2C9H18.CH4/c2*1-8(2)6-5-7-9(3)4;/h2*6,9H,5,7H2,1-4H3;1H4. The van der Waals surface area contributed by atoms with Crippen LogP contribution in [0.4, 0.5) is 0 Å². The molecule has 0 heterocycles. The van der Waals surface area contributed by atoms with Gasteiger partial charge in [0.05, 0.1) is 0 Å². The normalized spacial score (nSPS) is 9.37. The molecule has 0 aliphatic rings. The molecule has 0 nitrogen and oxygen atoms in total. The van der Waals surface area contributed by atoms with Crippen molar-refractivity contribution in [2.24, 2.45) is 11.8 Å². The van der Waals surface area contributed by atoms with Crippen molar-refractivity contribution in [1.29, 1.82) is 0 Å². The highest BCUT2D eigenvalue weighted by Gasteiger charge is 1.89. The van der Waals surface area contributed by atoms with Crippen LogP contribution in [0.3, 0.4) is 0 Å². The van der Waals surface area contributed by atoms with Crippen molar-refractivity contribution < 1.29 is 0 Å². The molecule has 0 amide bonds. The minimum Gasteiger partial charge on any atom is -0.0859 e.